The number of nitriles is 1. The minimum absolute atomic E-state index is 0.0198. The molecule has 1 aliphatic heterocycles. The first-order valence-electron chi connectivity index (χ1n) is 9.26. The number of carbonyl (C=O) groups excluding carboxylic acids is 1. The number of anilines is 2. The summed E-state index contributed by atoms with van der Waals surface area (Å²) in [6.45, 7) is 2.11. The second kappa shape index (κ2) is 9.51. The van der Waals surface area contributed by atoms with Crippen molar-refractivity contribution in [3.05, 3.63) is 69.3 Å². The van der Waals surface area contributed by atoms with E-state index >= 15 is 0 Å². The molecule has 0 unspecified atom stereocenters. The quantitative estimate of drug-likeness (QED) is 0.313. The molecule has 1 amide bonds. The summed E-state index contributed by atoms with van der Waals surface area (Å²) < 4.78 is 5.33. The normalized spacial score (nSPS) is 13.9. The lowest BCUT2D eigenvalue weighted by atomic mass is 10.1. The fourth-order valence-corrected chi connectivity index (χ4v) is 3.10. The van der Waals surface area contributed by atoms with Crippen LogP contribution in [-0.4, -0.2) is 48.2 Å². The summed E-state index contributed by atoms with van der Waals surface area (Å²) in [4.78, 5) is 36.3. The highest BCUT2D eigenvalue weighted by Gasteiger charge is 2.19. The fraction of sp³-hybridized carbons (Fsp3) is 0.190. The van der Waals surface area contributed by atoms with E-state index in [1.807, 2.05) is 4.90 Å². The Labute approximate surface area is 177 Å². The topological polar surface area (TPSA) is 146 Å². The minimum atomic E-state index is -1.15. The average Bonchev–Trinajstić information content (AvgIpc) is 2.77. The van der Waals surface area contributed by atoms with Gasteiger partial charge in [0.25, 0.3) is 11.6 Å². The molecule has 2 aromatic carbocycles. The molecular formula is C21H18N4O6. The zero-order chi connectivity index (χ0) is 22.4. The zero-order valence-electron chi connectivity index (χ0n) is 16.3. The summed E-state index contributed by atoms with van der Waals surface area (Å²) in [5.74, 6) is -1.91. The molecule has 1 fully saturated rings. The first-order chi connectivity index (χ1) is 14.9. The Kier molecular flexibility index (Phi) is 6.59. The van der Waals surface area contributed by atoms with E-state index in [4.69, 9.17) is 9.84 Å². The number of hydrogen-bond donors (Lipinski definition) is 2. The van der Waals surface area contributed by atoms with Crippen LogP contribution in [0.1, 0.15) is 15.9 Å². The van der Waals surface area contributed by atoms with E-state index in [0.29, 0.717) is 37.6 Å². The van der Waals surface area contributed by atoms with Crippen molar-refractivity contribution >= 4 is 35.0 Å². The van der Waals surface area contributed by atoms with Gasteiger partial charge >= 0.3 is 5.97 Å². The lowest BCUT2D eigenvalue weighted by Gasteiger charge is -2.30. The van der Waals surface area contributed by atoms with Crippen LogP contribution in [0.15, 0.2) is 48.0 Å². The van der Waals surface area contributed by atoms with Gasteiger partial charge in [0.05, 0.1) is 23.7 Å². The van der Waals surface area contributed by atoms with Gasteiger partial charge in [0.2, 0.25) is 0 Å². The van der Waals surface area contributed by atoms with E-state index in [2.05, 4.69) is 5.32 Å². The van der Waals surface area contributed by atoms with Crippen LogP contribution in [0.4, 0.5) is 17.1 Å². The number of benzene rings is 2. The summed E-state index contributed by atoms with van der Waals surface area (Å²) in [7, 11) is 0. The molecule has 0 radical (unpaired) electrons. The molecule has 0 aromatic heterocycles. The van der Waals surface area contributed by atoms with Crippen LogP contribution in [0.5, 0.6) is 0 Å². The summed E-state index contributed by atoms with van der Waals surface area (Å²) in [6.07, 6.45) is 1.29. The third-order valence-electron chi connectivity index (χ3n) is 4.61. The van der Waals surface area contributed by atoms with Gasteiger partial charge in [0.15, 0.2) is 0 Å². The molecular weight excluding hydrogens is 404 g/mol. The van der Waals surface area contributed by atoms with Crippen LogP contribution in [0.25, 0.3) is 6.08 Å². The Morgan fingerprint density at radius 1 is 1.23 bits per heavy atom. The van der Waals surface area contributed by atoms with Crippen LogP contribution in [0, 0.1) is 21.4 Å². The summed E-state index contributed by atoms with van der Waals surface area (Å²) in [5, 5.41) is 32.3. The number of hydrogen-bond acceptors (Lipinski definition) is 7. The number of nitrogens with one attached hydrogen (secondary N) is 1. The van der Waals surface area contributed by atoms with E-state index in [1.54, 1.807) is 12.1 Å². The number of carbonyl (C=O) groups is 2. The maximum atomic E-state index is 12.6. The number of nitrogens with zero attached hydrogens (tertiary/aromatic N) is 3. The first-order valence-corrected chi connectivity index (χ1v) is 9.26. The number of morpholine rings is 1. The third kappa shape index (κ3) is 5.23. The average molecular weight is 422 g/mol. The number of ether oxygens (including phenoxy) is 1. The van der Waals surface area contributed by atoms with Crippen LogP contribution in [-0.2, 0) is 9.53 Å². The standard InChI is InChI=1S/C21H18N4O6/c22-13-16(20(26)23-17-3-1-2-14(11-17)21(27)28)10-15-12-18(25(29)30)4-5-19(15)24-6-8-31-9-7-24/h1-5,10-12H,6-9H2,(H,23,26)(H,27,28). The number of amides is 1. The largest absolute Gasteiger partial charge is 0.478 e. The summed E-state index contributed by atoms with van der Waals surface area (Å²) >= 11 is 0. The Balaban J connectivity index is 1.94. The van der Waals surface area contributed by atoms with Gasteiger partial charge in [-0.05, 0) is 30.3 Å². The first kappa shape index (κ1) is 21.5. The predicted octanol–water partition coefficient (Wildman–Crippen LogP) is 2.68. The van der Waals surface area contributed by atoms with E-state index < -0.39 is 16.8 Å². The number of rotatable bonds is 6. The highest BCUT2D eigenvalue weighted by Crippen LogP contribution is 2.28. The molecule has 1 heterocycles. The molecule has 158 valence electrons. The number of non-ortho nitro benzene ring substituents is 1. The van der Waals surface area contributed by atoms with Crippen molar-refractivity contribution in [2.75, 3.05) is 36.5 Å². The number of carboxylic acid groups (broad SMARTS) is 1. The van der Waals surface area contributed by atoms with E-state index in [-0.39, 0.29) is 22.5 Å². The molecule has 10 heteroatoms. The molecule has 2 N–H and O–H groups in total. The monoisotopic (exact) mass is 422 g/mol. The van der Waals surface area contributed by atoms with Gasteiger partial charge in [0.1, 0.15) is 11.6 Å². The molecule has 1 saturated heterocycles. The van der Waals surface area contributed by atoms with E-state index in [1.165, 1.54) is 42.5 Å². The van der Waals surface area contributed by atoms with Gasteiger partial charge in [-0.1, -0.05) is 6.07 Å². The SMILES string of the molecule is N#CC(=Cc1cc([N+](=O)[O-])ccc1N1CCOCC1)C(=O)Nc1cccc(C(=O)O)c1. The molecule has 10 nitrogen and oxygen atoms in total. The van der Waals surface area contributed by atoms with Crippen LogP contribution in [0.3, 0.4) is 0 Å². The number of carboxylic acids is 1. The van der Waals surface area contributed by atoms with E-state index in [0.717, 1.165) is 0 Å². The molecule has 3 rings (SSSR count). The molecule has 0 atom stereocenters. The minimum Gasteiger partial charge on any atom is -0.478 e. The maximum absolute atomic E-state index is 12.6. The Morgan fingerprint density at radius 2 is 1.97 bits per heavy atom. The molecule has 0 bridgehead atoms. The van der Waals surface area contributed by atoms with E-state index in [9.17, 15) is 25.0 Å². The van der Waals surface area contributed by atoms with Crippen LogP contribution in [0.2, 0.25) is 0 Å². The number of nitro benzene ring substituents is 1. The smallest absolute Gasteiger partial charge is 0.335 e. The fourth-order valence-electron chi connectivity index (χ4n) is 3.10. The van der Waals surface area contributed by atoms with Gasteiger partial charge in [-0.2, -0.15) is 5.26 Å². The lowest BCUT2D eigenvalue weighted by Crippen LogP contribution is -2.36. The van der Waals surface area contributed by atoms with Crippen molar-refractivity contribution in [1.82, 2.24) is 0 Å². The van der Waals surface area contributed by atoms with Crippen molar-refractivity contribution in [2.24, 2.45) is 0 Å². The predicted molar refractivity (Wildman–Crippen MR) is 112 cm³/mol. The molecule has 0 spiro atoms. The van der Waals surface area contributed by atoms with Crippen molar-refractivity contribution in [3.8, 4) is 6.07 Å². The molecule has 0 saturated carbocycles. The van der Waals surface area contributed by atoms with Crippen molar-refractivity contribution in [1.29, 1.82) is 5.26 Å². The van der Waals surface area contributed by atoms with Gasteiger partial charge in [-0.15, -0.1) is 0 Å². The zero-order valence-corrected chi connectivity index (χ0v) is 16.3. The Hall–Kier alpha value is -4.23. The Bertz CT molecular complexity index is 1100. The van der Waals surface area contributed by atoms with Crippen LogP contribution < -0.4 is 10.2 Å². The molecule has 1 aliphatic rings. The van der Waals surface area contributed by atoms with Crippen molar-refractivity contribution in [2.45, 2.75) is 0 Å². The second-order valence-corrected chi connectivity index (χ2v) is 6.61. The Morgan fingerprint density at radius 3 is 2.61 bits per heavy atom. The van der Waals surface area contributed by atoms with Crippen molar-refractivity contribution < 1.29 is 24.4 Å². The maximum Gasteiger partial charge on any atom is 0.335 e. The van der Waals surface area contributed by atoms with Crippen molar-refractivity contribution in [3.63, 3.8) is 0 Å². The van der Waals surface area contributed by atoms with Gasteiger partial charge in [-0.25, -0.2) is 4.79 Å². The summed E-state index contributed by atoms with van der Waals surface area (Å²) in [5.41, 5.74) is 0.724. The molecule has 0 aliphatic carbocycles. The van der Waals surface area contributed by atoms with Gasteiger partial charge in [0, 0.05) is 42.2 Å². The van der Waals surface area contributed by atoms with Gasteiger partial charge in [-0.3, -0.25) is 14.9 Å². The van der Waals surface area contributed by atoms with Gasteiger partial charge < -0.3 is 20.1 Å². The number of aromatic carboxylic acids is 1. The third-order valence-corrected chi connectivity index (χ3v) is 4.61. The number of nitro groups is 1. The highest BCUT2D eigenvalue weighted by atomic mass is 16.6. The second-order valence-electron chi connectivity index (χ2n) is 6.61. The van der Waals surface area contributed by atoms with Crippen LogP contribution >= 0.6 is 0 Å². The highest BCUT2D eigenvalue weighted by molar-refractivity contribution is 6.10. The molecule has 2 aromatic rings. The molecule has 31 heavy (non-hydrogen) atoms. The summed E-state index contributed by atoms with van der Waals surface area (Å²) in [6, 6.07) is 11.7. The lowest BCUT2D eigenvalue weighted by molar-refractivity contribution is -0.384.